The second-order valence-electron chi connectivity index (χ2n) is 9.11. The maximum atomic E-state index is 15.5. The number of tetrazole rings is 1. The van der Waals surface area contributed by atoms with E-state index in [1.165, 1.54) is 23.9 Å². The average Bonchev–Trinajstić information content (AvgIpc) is 3.31. The van der Waals surface area contributed by atoms with Crippen LogP contribution in [0, 0.1) is 11.6 Å². The molecule has 2 aliphatic heterocycles. The van der Waals surface area contributed by atoms with Crippen molar-refractivity contribution in [2.45, 2.75) is 56.5 Å². The van der Waals surface area contributed by atoms with Gasteiger partial charge in [-0.05, 0) is 73.0 Å². The molecule has 33 heavy (non-hydrogen) atoms. The molecule has 1 aliphatic carbocycles. The van der Waals surface area contributed by atoms with E-state index < -0.39 is 11.6 Å². The third-order valence-electron chi connectivity index (χ3n) is 6.89. The number of anilines is 3. The van der Waals surface area contributed by atoms with Crippen LogP contribution in [0.3, 0.4) is 0 Å². The van der Waals surface area contributed by atoms with E-state index >= 15 is 4.39 Å². The SMILES string of the molecule is Fc1cnc(Nc2ccc(C3CC3)c(-n3cnnn3)c2F)nc1NC1CCN2CCC[C@H]2C1. The predicted molar refractivity (Wildman–Crippen MR) is 118 cm³/mol. The third kappa shape index (κ3) is 4.01. The molecule has 3 fully saturated rings. The van der Waals surface area contributed by atoms with Gasteiger partial charge in [0.15, 0.2) is 17.5 Å². The summed E-state index contributed by atoms with van der Waals surface area (Å²) in [6, 6.07) is 4.25. The highest BCUT2D eigenvalue weighted by Gasteiger charge is 2.32. The number of aromatic nitrogens is 6. The average molecular weight is 454 g/mol. The molecular weight excluding hydrogens is 428 g/mol. The topological polar surface area (TPSA) is 96.7 Å². The first kappa shape index (κ1) is 20.4. The maximum Gasteiger partial charge on any atom is 0.229 e. The summed E-state index contributed by atoms with van der Waals surface area (Å²) in [6.45, 7) is 2.17. The van der Waals surface area contributed by atoms with Gasteiger partial charge in [-0.3, -0.25) is 0 Å². The summed E-state index contributed by atoms with van der Waals surface area (Å²) in [6.07, 6.45) is 8.84. The quantitative estimate of drug-likeness (QED) is 0.586. The second kappa shape index (κ2) is 8.29. The molecular formula is C22H25F2N9. The summed E-state index contributed by atoms with van der Waals surface area (Å²) >= 11 is 0. The summed E-state index contributed by atoms with van der Waals surface area (Å²) in [5, 5.41) is 17.3. The molecule has 0 radical (unpaired) electrons. The van der Waals surface area contributed by atoms with Gasteiger partial charge in [0.1, 0.15) is 12.0 Å². The van der Waals surface area contributed by atoms with E-state index in [9.17, 15) is 4.39 Å². The van der Waals surface area contributed by atoms with Crippen LogP contribution in [-0.4, -0.2) is 60.2 Å². The predicted octanol–water partition coefficient (Wildman–Crippen LogP) is 3.39. The van der Waals surface area contributed by atoms with Gasteiger partial charge in [0.25, 0.3) is 0 Å². The second-order valence-corrected chi connectivity index (χ2v) is 9.11. The van der Waals surface area contributed by atoms with Crippen molar-refractivity contribution in [3.8, 4) is 5.69 Å². The number of hydrogen-bond acceptors (Lipinski definition) is 8. The van der Waals surface area contributed by atoms with Crippen molar-refractivity contribution in [2.75, 3.05) is 23.7 Å². The number of nitrogens with zero attached hydrogens (tertiary/aromatic N) is 7. The first-order chi connectivity index (χ1) is 16.2. The minimum Gasteiger partial charge on any atom is -0.365 e. The highest BCUT2D eigenvalue weighted by molar-refractivity contribution is 5.63. The van der Waals surface area contributed by atoms with Crippen molar-refractivity contribution in [2.24, 2.45) is 0 Å². The molecule has 172 valence electrons. The fourth-order valence-electron chi connectivity index (χ4n) is 5.09. The minimum absolute atomic E-state index is 0.123. The first-order valence-corrected chi connectivity index (χ1v) is 11.5. The summed E-state index contributed by atoms with van der Waals surface area (Å²) in [5.74, 6) is -0.453. The summed E-state index contributed by atoms with van der Waals surface area (Å²) < 4.78 is 31.3. The van der Waals surface area contributed by atoms with E-state index in [1.54, 1.807) is 6.07 Å². The molecule has 1 aromatic carbocycles. The van der Waals surface area contributed by atoms with Gasteiger partial charge in [-0.15, -0.1) is 5.10 Å². The summed E-state index contributed by atoms with van der Waals surface area (Å²) in [7, 11) is 0. The van der Waals surface area contributed by atoms with Crippen molar-refractivity contribution in [3.63, 3.8) is 0 Å². The molecule has 0 spiro atoms. The number of benzene rings is 1. The Bertz CT molecular complexity index is 1150. The first-order valence-electron chi connectivity index (χ1n) is 11.5. The van der Waals surface area contributed by atoms with Crippen LogP contribution in [0.2, 0.25) is 0 Å². The largest absolute Gasteiger partial charge is 0.365 e. The van der Waals surface area contributed by atoms with Crippen LogP contribution in [0.1, 0.15) is 50.0 Å². The highest BCUT2D eigenvalue weighted by Crippen LogP contribution is 2.44. The Balaban J connectivity index is 1.24. The van der Waals surface area contributed by atoms with Crippen molar-refractivity contribution in [1.29, 1.82) is 0 Å². The zero-order valence-electron chi connectivity index (χ0n) is 18.1. The lowest BCUT2D eigenvalue weighted by Gasteiger charge is -2.35. The lowest BCUT2D eigenvalue weighted by molar-refractivity contribution is 0.188. The van der Waals surface area contributed by atoms with Crippen LogP contribution in [0.25, 0.3) is 5.69 Å². The van der Waals surface area contributed by atoms with Crippen molar-refractivity contribution < 1.29 is 8.78 Å². The molecule has 6 rings (SSSR count). The maximum absolute atomic E-state index is 15.5. The zero-order chi connectivity index (χ0) is 22.4. The van der Waals surface area contributed by atoms with Crippen molar-refractivity contribution in [1.82, 2.24) is 35.1 Å². The van der Waals surface area contributed by atoms with E-state index in [-0.39, 0.29) is 23.5 Å². The Kier molecular flexibility index (Phi) is 5.12. The molecule has 9 nitrogen and oxygen atoms in total. The van der Waals surface area contributed by atoms with E-state index in [0.717, 1.165) is 50.5 Å². The number of rotatable bonds is 6. The molecule has 2 N–H and O–H groups in total. The van der Waals surface area contributed by atoms with Crippen LogP contribution < -0.4 is 10.6 Å². The normalized spacial score (nSPS) is 22.8. The van der Waals surface area contributed by atoms with Gasteiger partial charge < -0.3 is 15.5 Å². The molecule has 11 heteroatoms. The van der Waals surface area contributed by atoms with E-state index in [1.807, 2.05) is 6.07 Å². The molecule has 2 aromatic heterocycles. The van der Waals surface area contributed by atoms with Crippen LogP contribution >= 0.6 is 0 Å². The van der Waals surface area contributed by atoms with Gasteiger partial charge in [-0.2, -0.15) is 9.67 Å². The van der Waals surface area contributed by atoms with Crippen LogP contribution in [0.15, 0.2) is 24.7 Å². The lowest BCUT2D eigenvalue weighted by atomic mass is 9.97. The van der Waals surface area contributed by atoms with Crippen molar-refractivity contribution in [3.05, 3.63) is 41.9 Å². The molecule has 0 bridgehead atoms. The molecule has 1 unspecified atom stereocenters. The zero-order valence-corrected chi connectivity index (χ0v) is 18.1. The number of fused-ring (bicyclic) bond motifs is 1. The van der Waals surface area contributed by atoms with Crippen molar-refractivity contribution >= 4 is 17.5 Å². The number of halogens is 2. The molecule has 2 saturated heterocycles. The standard InChI is InChI=1S/C22H25F2N9/c23-17-11-25-22(29-21(17)27-14-7-9-32-8-1-2-15(32)10-14)28-18-6-5-16(13-3-4-13)20(19(18)24)33-12-26-30-31-33/h5-6,11-15H,1-4,7-10H2,(H2,25,27,28,29)/t14?,15-/m0/s1. The number of hydrogen-bond donors (Lipinski definition) is 2. The minimum atomic E-state index is -0.520. The van der Waals surface area contributed by atoms with Crippen LogP contribution in [0.4, 0.5) is 26.2 Å². The van der Waals surface area contributed by atoms with Gasteiger partial charge >= 0.3 is 0 Å². The Labute approximate surface area is 189 Å². The van der Waals surface area contributed by atoms with Gasteiger partial charge in [0.05, 0.1) is 11.9 Å². The fraction of sp³-hybridized carbons (Fsp3) is 0.500. The van der Waals surface area contributed by atoms with Gasteiger partial charge in [0.2, 0.25) is 5.95 Å². The third-order valence-corrected chi connectivity index (χ3v) is 6.89. The molecule has 3 aromatic rings. The van der Waals surface area contributed by atoms with E-state index in [0.29, 0.717) is 17.6 Å². The number of nitrogens with one attached hydrogen (secondary N) is 2. The smallest absolute Gasteiger partial charge is 0.229 e. The Hall–Kier alpha value is -3.21. The molecule has 2 atom stereocenters. The highest BCUT2D eigenvalue weighted by atomic mass is 19.1. The van der Waals surface area contributed by atoms with Gasteiger partial charge in [-0.1, -0.05) is 6.07 Å². The molecule has 1 saturated carbocycles. The lowest BCUT2D eigenvalue weighted by Crippen LogP contribution is -2.43. The monoisotopic (exact) mass is 453 g/mol. The van der Waals surface area contributed by atoms with E-state index in [2.05, 4.69) is 41.0 Å². The van der Waals surface area contributed by atoms with Crippen LogP contribution in [-0.2, 0) is 0 Å². The van der Waals surface area contributed by atoms with Gasteiger partial charge in [-0.25, -0.2) is 13.8 Å². The molecule has 0 amide bonds. The Morgan fingerprint density at radius 2 is 1.97 bits per heavy atom. The molecule has 3 aliphatic rings. The fourth-order valence-corrected chi connectivity index (χ4v) is 5.09. The van der Waals surface area contributed by atoms with Crippen LogP contribution in [0.5, 0.6) is 0 Å². The van der Waals surface area contributed by atoms with E-state index in [4.69, 9.17) is 0 Å². The molecule has 4 heterocycles. The summed E-state index contributed by atoms with van der Waals surface area (Å²) in [4.78, 5) is 10.9. The Morgan fingerprint density at radius 3 is 2.79 bits per heavy atom. The number of piperidine rings is 1. The summed E-state index contributed by atoms with van der Waals surface area (Å²) in [5.41, 5.74) is 1.36. The Morgan fingerprint density at radius 1 is 1.06 bits per heavy atom. The van der Waals surface area contributed by atoms with Gasteiger partial charge in [0, 0.05) is 18.6 Å².